The molecule has 1 fully saturated rings. The number of rotatable bonds is 2. The van der Waals surface area contributed by atoms with Crippen LogP contribution in [0.3, 0.4) is 0 Å². The highest BCUT2D eigenvalue weighted by atomic mass is 16.2. The smallest absolute Gasteiger partial charge is 0.237 e. The van der Waals surface area contributed by atoms with Crippen LogP contribution >= 0.6 is 0 Å². The molecule has 70 valence electrons. The molecule has 0 saturated carbocycles. The monoisotopic (exact) mass is 170 g/mol. The van der Waals surface area contributed by atoms with Crippen LogP contribution in [0.2, 0.25) is 0 Å². The Morgan fingerprint density at radius 2 is 2.33 bits per heavy atom. The lowest BCUT2D eigenvalue weighted by molar-refractivity contribution is -0.122. The Kier molecular flexibility index (Phi) is 3.53. The maximum absolute atomic E-state index is 11.3. The highest BCUT2D eigenvalue weighted by Crippen LogP contribution is 2.12. The standard InChI is InChI=1S/C9H18N2O/c1-2-4-7-5-3-6-8(10)9(12)11-7/h7-8H,2-6,10H2,1H3,(H,11,12). The van der Waals surface area contributed by atoms with Crippen LogP contribution in [-0.4, -0.2) is 18.0 Å². The van der Waals surface area contributed by atoms with Gasteiger partial charge in [-0.2, -0.15) is 0 Å². The zero-order chi connectivity index (χ0) is 8.97. The molecule has 1 heterocycles. The third kappa shape index (κ3) is 2.48. The van der Waals surface area contributed by atoms with E-state index in [1.54, 1.807) is 0 Å². The Morgan fingerprint density at radius 3 is 3.00 bits per heavy atom. The van der Waals surface area contributed by atoms with Crippen molar-refractivity contribution in [3.8, 4) is 0 Å². The summed E-state index contributed by atoms with van der Waals surface area (Å²) in [4.78, 5) is 11.3. The fourth-order valence-electron chi connectivity index (χ4n) is 1.66. The average Bonchev–Trinajstić information content (AvgIpc) is 2.16. The first-order valence-electron chi connectivity index (χ1n) is 4.80. The number of amides is 1. The lowest BCUT2D eigenvalue weighted by Gasteiger charge is -2.14. The SMILES string of the molecule is CCCC1CCCC(N)C(=O)N1. The minimum absolute atomic E-state index is 0.0333. The largest absolute Gasteiger partial charge is 0.352 e. The number of carbonyl (C=O) groups excluding carboxylic acids is 1. The van der Waals surface area contributed by atoms with E-state index < -0.39 is 0 Å². The molecule has 0 radical (unpaired) electrons. The minimum atomic E-state index is -0.271. The van der Waals surface area contributed by atoms with E-state index in [2.05, 4.69) is 12.2 Å². The molecule has 3 heteroatoms. The first-order valence-corrected chi connectivity index (χ1v) is 4.80. The van der Waals surface area contributed by atoms with Gasteiger partial charge in [-0.15, -0.1) is 0 Å². The molecular weight excluding hydrogens is 152 g/mol. The van der Waals surface area contributed by atoms with Crippen molar-refractivity contribution < 1.29 is 4.79 Å². The minimum Gasteiger partial charge on any atom is -0.352 e. The molecule has 1 aliphatic heterocycles. The van der Waals surface area contributed by atoms with E-state index >= 15 is 0 Å². The second-order valence-electron chi connectivity index (χ2n) is 3.53. The van der Waals surface area contributed by atoms with E-state index in [-0.39, 0.29) is 11.9 Å². The summed E-state index contributed by atoms with van der Waals surface area (Å²) in [6.45, 7) is 2.14. The van der Waals surface area contributed by atoms with Crippen LogP contribution in [0.15, 0.2) is 0 Å². The van der Waals surface area contributed by atoms with Gasteiger partial charge in [0.25, 0.3) is 0 Å². The van der Waals surface area contributed by atoms with Gasteiger partial charge < -0.3 is 11.1 Å². The van der Waals surface area contributed by atoms with E-state index in [0.29, 0.717) is 6.04 Å². The zero-order valence-corrected chi connectivity index (χ0v) is 7.68. The summed E-state index contributed by atoms with van der Waals surface area (Å²) < 4.78 is 0. The van der Waals surface area contributed by atoms with Crippen molar-refractivity contribution in [2.24, 2.45) is 5.73 Å². The van der Waals surface area contributed by atoms with E-state index in [4.69, 9.17) is 5.73 Å². The first-order chi connectivity index (χ1) is 5.74. The number of hydrogen-bond acceptors (Lipinski definition) is 2. The lowest BCUT2D eigenvalue weighted by atomic mass is 10.1. The third-order valence-electron chi connectivity index (χ3n) is 2.39. The molecule has 1 aliphatic rings. The maximum atomic E-state index is 11.3. The fourth-order valence-corrected chi connectivity index (χ4v) is 1.66. The predicted octanol–water partition coefficient (Wildman–Crippen LogP) is 0.783. The number of hydrogen-bond donors (Lipinski definition) is 2. The second kappa shape index (κ2) is 4.45. The molecule has 2 atom stereocenters. The summed E-state index contributed by atoms with van der Waals surface area (Å²) >= 11 is 0. The number of carbonyl (C=O) groups is 1. The number of nitrogens with one attached hydrogen (secondary N) is 1. The quantitative estimate of drug-likeness (QED) is 0.643. The Morgan fingerprint density at radius 1 is 1.58 bits per heavy atom. The average molecular weight is 170 g/mol. The molecule has 0 aliphatic carbocycles. The molecule has 1 amide bonds. The van der Waals surface area contributed by atoms with Crippen molar-refractivity contribution in [1.82, 2.24) is 5.32 Å². The Labute approximate surface area is 73.7 Å². The van der Waals surface area contributed by atoms with E-state index in [0.717, 1.165) is 32.1 Å². The van der Waals surface area contributed by atoms with Gasteiger partial charge in [0.15, 0.2) is 0 Å². The topological polar surface area (TPSA) is 55.1 Å². The Balaban J connectivity index is 2.42. The summed E-state index contributed by atoms with van der Waals surface area (Å²) in [6.07, 6.45) is 5.21. The molecule has 0 aromatic heterocycles. The maximum Gasteiger partial charge on any atom is 0.237 e. The summed E-state index contributed by atoms with van der Waals surface area (Å²) in [6, 6.07) is 0.0999. The van der Waals surface area contributed by atoms with Gasteiger partial charge in [-0.3, -0.25) is 4.79 Å². The van der Waals surface area contributed by atoms with Crippen molar-refractivity contribution >= 4 is 5.91 Å². The van der Waals surface area contributed by atoms with E-state index in [1.807, 2.05) is 0 Å². The van der Waals surface area contributed by atoms with Crippen LogP contribution < -0.4 is 11.1 Å². The predicted molar refractivity (Wildman–Crippen MR) is 48.7 cm³/mol. The van der Waals surface area contributed by atoms with Gasteiger partial charge in [0.05, 0.1) is 6.04 Å². The van der Waals surface area contributed by atoms with Crippen LogP contribution in [0.25, 0.3) is 0 Å². The lowest BCUT2D eigenvalue weighted by Crippen LogP contribution is -2.42. The summed E-state index contributed by atoms with van der Waals surface area (Å²) in [5.74, 6) is 0.0333. The van der Waals surface area contributed by atoms with Crippen molar-refractivity contribution in [2.75, 3.05) is 0 Å². The van der Waals surface area contributed by atoms with Crippen LogP contribution in [-0.2, 0) is 4.79 Å². The van der Waals surface area contributed by atoms with Gasteiger partial charge in [0, 0.05) is 6.04 Å². The molecule has 1 saturated heterocycles. The molecule has 0 aromatic rings. The number of nitrogens with two attached hydrogens (primary N) is 1. The van der Waals surface area contributed by atoms with Gasteiger partial charge in [-0.1, -0.05) is 13.3 Å². The van der Waals surface area contributed by atoms with Gasteiger partial charge in [-0.25, -0.2) is 0 Å². The van der Waals surface area contributed by atoms with E-state index in [9.17, 15) is 4.79 Å². The molecule has 2 unspecified atom stereocenters. The third-order valence-corrected chi connectivity index (χ3v) is 2.39. The normalized spacial score (nSPS) is 31.0. The molecule has 0 spiro atoms. The molecule has 3 nitrogen and oxygen atoms in total. The van der Waals surface area contributed by atoms with Gasteiger partial charge >= 0.3 is 0 Å². The molecule has 0 bridgehead atoms. The van der Waals surface area contributed by atoms with Crippen LogP contribution in [0.5, 0.6) is 0 Å². The van der Waals surface area contributed by atoms with Crippen molar-refractivity contribution in [3.05, 3.63) is 0 Å². The van der Waals surface area contributed by atoms with Gasteiger partial charge in [-0.05, 0) is 25.7 Å². The second-order valence-corrected chi connectivity index (χ2v) is 3.53. The molecule has 12 heavy (non-hydrogen) atoms. The Hall–Kier alpha value is -0.570. The molecule has 1 rings (SSSR count). The van der Waals surface area contributed by atoms with Crippen molar-refractivity contribution in [3.63, 3.8) is 0 Å². The molecule has 3 N–H and O–H groups in total. The van der Waals surface area contributed by atoms with Gasteiger partial charge in [0.1, 0.15) is 0 Å². The highest BCUT2D eigenvalue weighted by molar-refractivity contribution is 5.81. The molecule has 0 aromatic carbocycles. The first kappa shape index (κ1) is 9.52. The molecular formula is C9H18N2O. The highest BCUT2D eigenvalue weighted by Gasteiger charge is 2.21. The van der Waals surface area contributed by atoms with Gasteiger partial charge in [0.2, 0.25) is 5.91 Å². The van der Waals surface area contributed by atoms with Crippen LogP contribution in [0.4, 0.5) is 0 Å². The Bertz CT molecular complexity index is 159. The van der Waals surface area contributed by atoms with Crippen molar-refractivity contribution in [1.29, 1.82) is 0 Å². The van der Waals surface area contributed by atoms with Crippen LogP contribution in [0.1, 0.15) is 39.0 Å². The summed E-state index contributed by atoms with van der Waals surface area (Å²) in [5, 5.41) is 2.97. The summed E-state index contributed by atoms with van der Waals surface area (Å²) in [7, 11) is 0. The van der Waals surface area contributed by atoms with E-state index in [1.165, 1.54) is 0 Å². The van der Waals surface area contributed by atoms with Crippen molar-refractivity contribution in [2.45, 2.75) is 51.1 Å². The zero-order valence-electron chi connectivity index (χ0n) is 7.68. The summed E-state index contributed by atoms with van der Waals surface area (Å²) in [5.41, 5.74) is 5.62. The van der Waals surface area contributed by atoms with Crippen LogP contribution in [0, 0.1) is 0 Å². The fraction of sp³-hybridized carbons (Fsp3) is 0.889.